The number of ether oxygens (including phenoxy) is 2. The third-order valence-electron chi connectivity index (χ3n) is 1.95. The molecule has 5 heteroatoms. The topological polar surface area (TPSA) is 81.8 Å². The minimum Gasteiger partial charge on any atom is -0.486 e. The molecule has 0 unspecified atom stereocenters. The van der Waals surface area contributed by atoms with Crippen molar-refractivity contribution in [1.82, 2.24) is 0 Å². The van der Waals surface area contributed by atoms with Crippen molar-refractivity contribution in [3.8, 4) is 11.5 Å². The van der Waals surface area contributed by atoms with Gasteiger partial charge in [-0.15, -0.1) is 0 Å². The monoisotopic (exact) mass is 195 g/mol. The lowest BCUT2D eigenvalue weighted by Crippen LogP contribution is -2.18. The minimum absolute atomic E-state index is 0.0257. The molecule has 14 heavy (non-hydrogen) atoms. The zero-order valence-electron chi connectivity index (χ0n) is 7.32. The molecule has 0 amide bonds. The Balaban J connectivity index is 2.60. The quantitative estimate of drug-likeness (QED) is 0.646. The van der Waals surface area contributed by atoms with Crippen LogP contribution in [0.5, 0.6) is 11.5 Å². The van der Waals surface area contributed by atoms with Gasteiger partial charge in [-0.3, -0.25) is 0 Å². The summed E-state index contributed by atoms with van der Waals surface area (Å²) in [5.74, 6) is -0.448. The van der Waals surface area contributed by atoms with Crippen molar-refractivity contribution >= 4 is 11.7 Å². The summed E-state index contributed by atoms with van der Waals surface area (Å²) in [6, 6.07) is 3.10. The van der Waals surface area contributed by atoms with Gasteiger partial charge in [-0.1, -0.05) is 0 Å². The first-order valence-electron chi connectivity index (χ1n) is 4.11. The lowest BCUT2D eigenvalue weighted by Gasteiger charge is -2.20. The number of anilines is 1. The van der Waals surface area contributed by atoms with Crippen LogP contribution in [0.15, 0.2) is 12.1 Å². The van der Waals surface area contributed by atoms with Gasteiger partial charge < -0.3 is 20.3 Å². The first-order valence-corrected chi connectivity index (χ1v) is 4.11. The van der Waals surface area contributed by atoms with Crippen LogP contribution in [0.25, 0.3) is 0 Å². The number of benzene rings is 1. The van der Waals surface area contributed by atoms with Gasteiger partial charge in [0.25, 0.3) is 0 Å². The van der Waals surface area contributed by atoms with E-state index in [0.29, 0.717) is 19.0 Å². The van der Waals surface area contributed by atoms with Crippen LogP contribution in [0.2, 0.25) is 0 Å². The highest BCUT2D eigenvalue weighted by Gasteiger charge is 2.22. The van der Waals surface area contributed by atoms with E-state index in [2.05, 4.69) is 0 Å². The highest BCUT2D eigenvalue weighted by molar-refractivity contribution is 5.98. The standard InChI is InChI=1S/C9H9NO4/c10-5-1-2-6-8(7(5)9(11)12)14-4-3-13-6/h1-2H,3-4,10H2,(H,11,12). The number of carboxylic acids is 1. The fourth-order valence-electron chi connectivity index (χ4n) is 1.35. The van der Waals surface area contributed by atoms with Crippen molar-refractivity contribution in [3.05, 3.63) is 17.7 Å². The predicted molar refractivity (Wildman–Crippen MR) is 48.8 cm³/mol. The van der Waals surface area contributed by atoms with Crippen molar-refractivity contribution in [2.24, 2.45) is 0 Å². The van der Waals surface area contributed by atoms with Crippen molar-refractivity contribution in [1.29, 1.82) is 0 Å². The van der Waals surface area contributed by atoms with E-state index in [1.165, 1.54) is 6.07 Å². The summed E-state index contributed by atoms with van der Waals surface area (Å²) in [5, 5.41) is 8.91. The maximum atomic E-state index is 10.9. The number of carboxylic acid groups (broad SMARTS) is 1. The molecule has 2 rings (SSSR count). The molecule has 1 heterocycles. The molecule has 0 fully saturated rings. The highest BCUT2D eigenvalue weighted by atomic mass is 16.6. The maximum absolute atomic E-state index is 10.9. The van der Waals surface area contributed by atoms with Gasteiger partial charge in [-0.05, 0) is 12.1 Å². The van der Waals surface area contributed by atoms with Crippen LogP contribution in [0.4, 0.5) is 5.69 Å². The summed E-state index contributed by atoms with van der Waals surface area (Å²) < 4.78 is 10.4. The molecule has 0 spiro atoms. The number of nitrogens with two attached hydrogens (primary N) is 1. The molecular formula is C9H9NO4. The van der Waals surface area contributed by atoms with Gasteiger partial charge >= 0.3 is 5.97 Å². The van der Waals surface area contributed by atoms with Crippen LogP contribution in [0, 0.1) is 0 Å². The smallest absolute Gasteiger partial charge is 0.341 e. The Kier molecular flexibility index (Phi) is 1.92. The summed E-state index contributed by atoms with van der Waals surface area (Å²) >= 11 is 0. The van der Waals surface area contributed by atoms with E-state index in [4.69, 9.17) is 20.3 Å². The summed E-state index contributed by atoms with van der Waals surface area (Å²) in [7, 11) is 0. The average molecular weight is 195 g/mol. The Labute approximate surface area is 80.0 Å². The maximum Gasteiger partial charge on any atom is 0.341 e. The molecule has 1 aromatic carbocycles. The van der Waals surface area contributed by atoms with E-state index >= 15 is 0 Å². The second-order valence-corrected chi connectivity index (χ2v) is 2.86. The number of hydrogen-bond acceptors (Lipinski definition) is 4. The van der Waals surface area contributed by atoms with Gasteiger partial charge in [-0.25, -0.2) is 4.79 Å². The number of aromatic carboxylic acids is 1. The number of nitrogen functional groups attached to an aromatic ring is 1. The van der Waals surface area contributed by atoms with Crippen molar-refractivity contribution in [2.45, 2.75) is 0 Å². The zero-order chi connectivity index (χ0) is 10.1. The van der Waals surface area contributed by atoms with E-state index in [1.807, 2.05) is 0 Å². The summed E-state index contributed by atoms with van der Waals surface area (Å²) in [5.41, 5.74) is 5.69. The van der Waals surface area contributed by atoms with Gasteiger partial charge in [0.1, 0.15) is 18.8 Å². The Morgan fingerprint density at radius 2 is 2.07 bits per heavy atom. The van der Waals surface area contributed by atoms with E-state index < -0.39 is 5.97 Å². The van der Waals surface area contributed by atoms with Crippen LogP contribution >= 0.6 is 0 Å². The molecule has 0 atom stereocenters. The Morgan fingerprint density at radius 1 is 1.36 bits per heavy atom. The van der Waals surface area contributed by atoms with Gasteiger partial charge in [0.15, 0.2) is 11.5 Å². The fourth-order valence-corrected chi connectivity index (χ4v) is 1.35. The minimum atomic E-state index is -1.11. The first kappa shape index (κ1) is 8.68. The molecular weight excluding hydrogens is 186 g/mol. The van der Waals surface area contributed by atoms with E-state index in [1.54, 1.807) is 6.07 Å². The summed E-state index contributed by atoms with van der Waals surface area (Å²) in [4.78, 5) is 10.9. The molecule has 1 aliphatic rings. The third kappa shape index (κ3) is 1.22. The molecule has 0 aliphatic carbocycles. The van der Waals surface area contributed by atoms with Gasteiger partial charge in [0.2, 0.25) is 0 Å². The lowest BCUT2D eigenvalue weighted by atomic mass is 10.1. The number of fused-ring (bicyclic) bond motifs is 1. The molecule has 0 radical (unpaired) electrons. The van der Waals surface area contributed by atoms with E-state index in [-0.39, 0.29) is 17.0 Å². The van der Waals surface area contributed by atoms with Crippen molar-refractivity contribution in [2.75, 3.05) is 18.9 Å². The van der Waals surface area contributed by atoms with Crippen LogP contribution in [0.1, 0.15) is 10.4 Å². The van der Waals surface area contributed by atoms with Crippen LogP contribution in [0.3, 0.4) is 0 Å². The molecule has 0 saturated carbocycles. The van der Waals surface area contributed by atoms with E-state index in [0.717, 1.165) is 0 Å². The average Bonchev–Trinajstić information content (AvgIpc) is 2.17. The van der Waals surface area contributed by atoms with Gasteiger partial charge in [0.05, 0.1) is 5.69 Å². The van der Waals surface area contributed by atoms with Crippen LogP contribution in [-0.4, -0.2) is 24.3 Å². The van der Waals surface area contributed by atoms with Gasteiger partial charge in [0, 0.05) is 0 Å². The predicted octanol–water partition coefficient (Wildman–Crippen LogP) is 0.738. The lowest BCUT2D eigenvalue weighted by molar-refractivity contribution is 0.0687. The molecule has 5 nitrogen and oxygen atoms in total. The first-order chi connectivity index (χ1) is 6.70. The number of rotatable bonds is 1. The van der Waals surface area contributed by atoms with Gasteiger partial charge in [-0.2, -0.15) is 0 Å². The summed E-state index contributed by atoms with van der Waals surface area (Å²) in [6.07, 6.45) is 0. The Hall–Kier alpha value is -1.91. The van der Waals surface area contributed by atoms with Crippen molar-refractivity contribution in [3.63, 3.8) is 0 Å². The summed E-state index contributed by atoms with van der Waals surface area (Å²) in [6.45, 7) is 0.771. The highest BCUT2D eigenvalue weighted by Crippen LogP contribution is 2.36. The zero-order valence-corrected chi connectivity index (χ0v) is 7.32. The van der Waals surface area contributed by atoms with E-state index in [9.17, 15) is 4.79 Å². The number of carbonyl (C=O) groups is 1. The SMILES string of the molecule is Nc1ccc2c(c1C(=O)O)OCCO2. The van der Waals surface area contributed by atoms with Crippen LogP contribution in [-0.2, 0) is 0 Å². The molecule has 0 bridgehead atoms. The Morgan fingerprint density at radius 3 is 2.79 bits per heavy atom. The largest absolute Gasteiger partial charge is 0.486 e. The van der Waals surface area contributed by atoms with Crippen LogP contribution < -0.4 is 15.2 Å². The number of hydrogen-bond donors (Lipinski definition) is 2. The second-order valence-electron chi connectivity index (χ2n) is 2.86. The fraction of sp³-hybridized carbons (Fsp3) is 0.222. The molecule has 74 valence electrons. The molecule has 0 aromatic heterocycles. The third-order valence-corrected chi connectivity index (χ3v) is 1.95. The molecule has 3 N–H and O–H groups in total. The Bertz CT molecular complexity index is 389. The van der Waals surface area contributed by atoms with Crippen molar-refractivity contribution < 1.29 is 19.4 Å². The normalized spacial score (nSPS) is 13.7. The second kappa shape index (κ2) is 3.10. The molecule has 0 saturated heterocycles. The molecule has 1 aliphatic heterocycles. The molecule has 1 aromatic rings.